The predicted molar refractivity (Wildman–Crippen MR) is 73.1 cm³/mol. The zero-order chi connectivity index (χ0) is 14.3. The van der Waals surface area contributed by atoms with Crippen molar-refractivity contribution < 1.29 is 14.3 Å². The molecule has 5 nitrogen and oxygen atoms in total. The number of fused-ring (bicyclic) bond motifs is 2. The highest BCUT2D eigenvalue weighted by Gasteiger charge is 2.59. The third-order valence-electron chi connectivity index (χ3n) is 4.51. The van der Waals surface area contributed by atoms with E-state index in [9.17, 15) is 9.59 Å². The van der Waals surface area contributed by atoms with Gasteiger partial charge in [-0.1, -0.05) is 12.1 Å². The molecular formula is C15H18N2O3. The number of carbonyl (C=O) groups is 2. The van der Waals surface area contributed by atoms with Crippen LogP contribution in [0.3, 0.4) is 0 Å². The Hall–Kier alpha value is -1.88. The van der Waals surface area contributed by atoms with Crippen molar-refractivity contribution in [1.29, 1.82) is 0 Å². The van der Waals surface area contributed by atoms with Crippen LogP contribution < -0.4 is 10.1 Å². The lowest BCUT2D eigenvalue weighted by atomic mass is 9.63. The van der Waals surface area contributed by atoms with Crippen molar-refractivity contribution in [3.8, 4) is 5.75 Å². The molecule has 3 fully saturated rings. The van der Waals surface area contributed by atoms with Gasteiger partial charge in [0.15, 0.2) is 0 Å². The van der Waals surface area contributed by atoms with E-state index in [-0.39, 0.29) is 17.7 Å². The zero-order valence-electron chi connectivity index (χ0n) is 11.7. The Balaban J connectivity index is 1.71. The largest absolute Gasteiger partial charge is 0.497 e. The summed E-state index contributed by atoms with van der Waals surface area (Å²) in [5, 5.41) is 2.47. The molecule has 5 heteroatoms. The fraction of sp³-hybridized carbons (Fsp3) is 0.467. The van der Waals surface area contributed by atoms with Gasteiger partial charge in [-0.3, -0.25) is 19.8 Å². The zero-order valence-corrected chi connectivity index (χ0v) is 11.7. The molecule has 1 N–H and O–H groups in total. The molecule has 0 aromatic heterocycles. The number of benzene rings is 1. The maximum absolute atomic E-state index is 12.1. The van der Waals surface area contributed by atoms with Crippen LogP contribution in [-0.4, -0.2) is 36.4 Å². The number of hydrogen-bond acceptors (Lipinski definition) is 4. The molecule has 2 saturated heterocycles. The van der Waals surface area contributed by atoms with Gasteiger partial charge in [-0.25, -0.2) is 0 Å². The lowest BCUT2D eigenvalue weighted by molar-refractivity contribution is -0.162. The molecule has 4 rings (SSSR count). The van der Waals surface area contributed by atoms with Gasteiger partial charge in [-0.05, 0) is 37.6 Å². The number of piperidine rings is 2. The van der Waals surface area contributed by atoms with E-state index in [4.69, 9.17) is 4.74 Å². The molecular weight excluding hydrogens is 256 g/mol. The molecule has 0 atom stereocenters. The van der Waals surface area contributed by atoms with Crippen LogP contribution in [0.25, 0.3) is 0 Å². The SMILES string of the molecule is COc1ccc(CN(C)C23CC(C2)C(=O)NC3=O)cc1. The molecule has 0 spiro atoms. The molecule has 20 heavy (non-hydrogen) atoms. The number of likely N-dealkylation sites (N-methyl/N-ethyl adjacent to an activating group) is 1. The molecule has 106 valence electrons. The number of imide groups is 1. The van der Waals surface area contributed by atoms with Gasteiger partial charge in [-0.15, -0.1) is 0 Å². The molecule has 2 amide bonds. The highest BCUT2D eigenvalue weighted by molar-refractivity contribution is 6.07. The van der Waals surface area contributed by atoms with Gasteiger partial charge in [0, 0.05) is 12.5 Å². The van der Waals surface area contributed by atoms with E-state index in [1.54, 1.807) is 7.11 Å². The summed E-state index contributed by atoms with van der Waals surface area (Å²) in [5.74, 6) is 0.557. The third-order valence-corrected chi connectivity index (χ3v) is 4.51. The number of nitrogens with zero attached hydrogens (tertiary/aromatic N) is 1. The van der Waals surface area contributed by atoms with Crippen LogP contribution in [0.4, 0.5) is 0 Å². The molecule has 2 bridgehead atoms. The van der Waals surface area contributed by atoms with Crippen LogP contribution in [0.2, 0.25) is 0 Å². The van der Waals surface area contributed by atoms with Crippen LogP contribution >= 0.6 is 0 Å². The molecule has 2 aliphatic heterocycles. The van der Waals surface area contributed by atoms with Crippen molar-refractivity contribution in [2.75, 3.05) is 14.2 Å². The van der Waals surface area contributed by atoms with Gasteiger partial charge in [0.25, 0.3) is 0 Å². The Labute approximate surface area is 117 Å². The van der Waals surface area contributed by atoms with Crippen LogP contribution in [0.15, 0.2) is 24.3 Å². The maximum Gasteiger partial charge on any atom is 0.247 e. The number of amides is 2. The van der Waals surface area contributed by atoms with E-state index in [0.29, 0.717) is 19.4 Å². The summed E-state index contributed by atoms with van der Waals surface area (Å²) in [6.07, 6.45) is 1.29. The average Bonchev–Trinajstić information content (AvgIpc) is 2.37. The first-order valence-corrected chi connectivity index (χ1v) is 6.74. The van der Waals surface area contributed by atoms with Crippen molar-refractivity contribution in [2.45, 2.75) is 24.9 Å². The number of ether oxygens (including phenoxy) is 1. The first-order valence-electron chi connectivity index (χ1n) is 6.74. The van der Waals surface area contributed by atoms with E-state index in [2.05, 4.69) is 5.32 Å². The van der Waals surface area contributed by atoms with Crippen molar-refractivity contribution in [3.05, 3.63) is 29.8 Å². The Morgan fingerprint density at radius 3 is 2.50 bits per heavy atom. The number of carbonyl (C=O) groups excluding carboxylic acids is 2. The summed E-state index contributed by atoms with van der Waals surface area (Å²) in [4.78, 5) is 25.6. The molecule has 3 aliphatic rings. The molecule has 1 aromatic carbocycles. The Morgan fingerprint density at radius 1 is 1.30 bits per heavy atom. The number of hydrogen-bond donors (Lipinski definition) is 1. The first kappa shape index (κ1) is 13.1. The topological polar surface area (TPSA) is 58.6 Å². The molecule has 1 aliphatic carbocycles. The van der Waals surface area contributed by atoms with Crippen molar-refractivity contribution >= 4 is 11.8 Å². The predicted octanol–water partition coefficient (Wildman–Crippen LogP) is 0.932. The number of methoxy groups -OCH3 is 1. The minimum absolute atomic E-state index is 0.00557. The van der Waals surface area contributed by atoms with Gasteiger partial charge in [0.1, 0.15) is 11.3 Å². The molecule has 1 saturated carbocycles. The normalized spacial score (nSPS) is 28.1. The van der Waals surface area contributed by atoms with Gasteiger partial charge in [0.2, 0.25) is 11.8 Å². The number of rotatable bonds is 4. The lowest BCUT2D eigenvalue weighted by Gasteiger charge is -2.54. The van der Waals surface area contributed by atoms with Gasteiger partial charge < -0.3 is 4.74 Å². The maximum atomic E-state index is 12.1. The molecule has 2 heterocycles. The van der Waals surface area contributed by atoms with Gasteiger partial charge in [-0.2, -0.15) is 0 Å². The molecule has 0 unspecified atom stereocenters. The van der Waals surface area contributed by atoms with E-state index >= 15 is 0 Å². The second-order valence-electron chi connectivity index (χ2n) is 5.66. The van der Waals surface area contributed by atoms with E-state index in [0.717, 1.165) is 11.3 Å². The van der Waals surface area contributed by atoms with Crippen LogP contribution in [0.1, 0.15) is 18.4 Å². The van der Waals surface area contributed by atoms with Crippen LogP contribution in [-0.2, 0) is 16.1 Å². The van der Waals surface area contributed by atoms with Gasteiger partial charge in [0.05, 0.1) is 7.11 Å². The summed E-state index contributed by atoms with van der Waals surface area (Å²) in [6.45, 7) is 0.679. The second-order valence-corrected chi connectivity index (χ2v) is 5.66. The number of nitrogens with one attached hydrogen (secondary N) is 1. The van der Waals surface area contributed by atoms with Crippen LogP contribution in [0, 0.1) is 5.92 Å². The summed E-state index contributed by atoms with van der Waals surface area (Å²) in [5.41, 5.74) is 0.620. The van der Waals surface area contributed by atoms with E-state index in [1.165, 1.54) is 0 Å². The Kier molecular flexibility index (Phi) is 3.01. The van der Waals surface area contributed by atoms with Crippen molar-refractivity contribution in [3.63, 3.8) is 0 Å². The quantitative estimate of drug-likeness (QED) is 0.830. The minimum Gasteiger partial charge on any atom is -0.497 e. The van der Waals surface area contributed by atoms with E-state index in [1.807, 2.05) is 36.2 Å². The minimum atomic E-state index is -0.501. The third kappa shape index (κ3) is 1.89. The Bertz CT molecular complexity index is 547. The molecule has 1 aromatic rings. The summed E-state index contributed by atoms with van der Waals surface area (Å²) < 4.78 is 5.13. The smallest absolute Gasteiger partial charge is 0.247 e. The highest BCUT2D eigenvalue weighted by atomic mass is 16.5. The summed E-state index contributed by atoms with van der Waals surface area (Å²) >= 11 is 0. The molecule has 0 radical (unpaired) electrons. The average molecular weight is 274 g/mol. The fourth-order valence-electron chi connectivity index (χ4n) is 3.10. The van der Waals surface area contributed by atoms with E-state index < -0.39 is 5.54 Å². The van der Waals surface area contributed by atoms with Crippen LogP contribution in [0.5, 0.6) is 5.75 Å². The lowest BCUT2D eigenvalue weighted by Crippen LogP contribution is -2.72. The monoisotopic (exact) mass is 274 g/mol. The second kappa shape index (κ2) is 4.59. The van der Waals surface area contributed by atoms with Crippen molar-refractivity contribution in [2.24, 2.45) is 5.92 Å². The summed E-state index contributed by atoms with van der Waals surface area (Å²) in [6, 6.07) is 7.81. The first-order chi connectivity index (χ1) is 9.55. The Morgan fingerprint density at radius 2 is 1.95 bits per heavy atom. The summed E-state index contributed by atoms with van der Waals surface area (Å²) in [7, 11) is 3.58. The standard InChI is InChI=1S/C15H18N2O3/c1-17(9-10-3-5-12(20-2)6-4-10)15-7-11(8-15)13(18)16-14(15)19/h3-6,11H,7-9H2,1-2H3,(H,16,18,19). The van der Waals surface area contributed by atoms with Gasteiger partial charge >= 0.3 is 0 Å². The fourth-order valence-corrected chi connectivity index (χ4v) is 3.10. The highest BCUT2D eigenvalue weighted by Crippen LogP contribution is 2.45. The van der Waals surface area contributed by atoms with Crippen molar-refractivity contribution in [1.82, 2.24) is 10.2 Å².